The molecule has 0 aromatic heterocycles. The van der Waals surface area contributed by atoms with Gasteiger partial charge in [0.15, 0.2) is 12.2 Å². The Kier molecular flexibility index (Phi) is 43.5. The molecule has 0 amide bonds. The highest BCUT2D eigenvalue weighted by atomic mass is 35.5. The van der Waals surface area contributed by atoms with E-state index in [9.17, 15) is 105 Å². The van der Waals surface area contributed by atoms with Crippen LogP contribution in [0.3, 0.4) is 0 Å². The highest BCUT2D eigenvalue weighted by molar-refractivity contribution is 7.98. The van der Waals surface area contributed by atoms with E-state index in [0.29, 0.717) is 0 Å². The number of hydrogen-bond acceptors (Lipinski definition) is 35. The van der Waals surface area contributed by atoms with Crippen LogP contribution in [0.5, 0.6) is 0 Å². The van der Waals surface area contributed by atoms with Gasteiger partial charge in [-0.1, -0.05) is 0 Å². The van der Waals surface area contributed by atoms with Gasteiger partial charge in [-0.25, -0.2) is 14.2 Å². The Balaban J connectivity index is -0.000000142. The Hall–Kier alpha value is -3.20. The van der Waals surface area contributed by atoms with Gasteiger partial charge in [0.25, 0.3) is 0 Å². The Morgan fingerprint density at radius 2 is 0.568 bits per heavy atom. The lowest BCUT2D eigenvalue weighted by Crippen LogP contribution is -2.39. The maximum atomic E-state index is 11.1. The molecule has 10 N–H and O–H groups in total. The van der Waals surface area contributed by atoms with Gasteiger partial charge in [0.2, 0.25) is 23.8 Å². The smallest absolute Gasteiger partial charge is 0.479 e. The molecule has 74 heavy (non-hydrogen) atoms. The monoisotopic (exact) mass is 1370 g/mol. The van der Waals surface area contributed by atoms with Gasteiger partial charge >= 0.3 is 132 Å². The second-order valence-electron chi connectivity index (χ2n) is 10.4. The Morgan fingerprint density at radius 3 is 0.662 bits per heavy atom. The van der Waals surface area contributed by atoms with Crippen molar-refractivity contribution in [3.8, 4) is 0 Å². The second kappa shape index (κ2) is 36.8. The van der Waals surface area contributed by atoms with Crippen LogP contribution in [0, 0.1) is 0 Å². The fraction of sp³-hybridized carbons (Fsp3) is 0.611. The number of carbonyl (C=O) groups is 7. The standard InChI is InChI=1S/2C6H10O16S4.C4H6O6.C2H5O5P.4ClH/c2*7-5(19-3-23(9,10)21-25(13,14)15)1-2-6(8)20-4-24(11,12)22-26(16,17)18;5-1(3(7)8)2(6)4(9)10;1-2(3)7-8(4,5)6;;;;/h2*1-4H2,(H,13,14,15)(H,16,17,18);1-2,5-6H,(H,7,8)(H,9,10);1H3,(H2,4,5,6);4*1H. The molecule has 56 heteroatoms. The van der Waals surface area contributed by atoms with Gasteiger partial charge in [-0.3, -0.25) is 52.0 Å². The molecule has 0 aromatic rings. The minimum Gasteiger partial charge on any atom is -0.479 e. The van der Waals surface area contributed by atoms with Crippen molar-refractivity contribution in [2.45, 2.75) is 44.8 Å². The second-order valence-corrected chi connectivity index (χ2v) is 22.6. The number of carboxylic acids is 2. The van der Waals surface area contributed by atoms with Crippen molar-refractivity contribution in [1.29, 1.82) is 0 Å². The van der Waals surface area contributed by atoms with Crippen molar-refractivity contribution in [3.05, 3.63) is 0 Å². The van der Waals surface area contributed by atoms with Gasteiger partial charge in [-0.2, -0.15) is 67.3 Å². The summed E-state index contributed by atoms with van der Waals surface area (Å²) in [5, 5.41) is 32.5. The third-order valence-electron chi connectivity index (χ3n) is 4.33. The summed E-state index contributed by atoms with van der Waals surface area (Å²) in [4.78, 5) is 89.5. The summed E-state index contributed by atoms with van der Waals surface area (Å²) < 4.78 is 244. The molecule has 0 rings (SSSR count). The fourth-order valence-electron chi connectivity index (χ4n) is 2.29. The molecule has 2 unspecified atom stereocenters. The van der Waals surface area contributed by atoms with E-state index in [2.05, 4.69) is 38.0 Å². The third-order valence-corrected chi connectivity index (χ3v) is 12.5. The molecule has 0 fully saturated rings. The lowest BCUT2D eigenvalue weighted by Gasteiger charge is -2.07. The number of aliphatic hydroxyl groups is 2. The van der Waals surface area contributed by atoms with Crippen LogP contribution in [0.15, 0.2) is 0 Å². The lowest BCUT2D eigenvalue weighted by molar-refractivity contribution is -0.165. The third kappa shape index (κ3) is 61.3. The lowest BCUT2D eigenvalue weighted by atomic mass is 10.2. The van der Waals surface area contributed by atoms with E-state index in [1.807, 2.05) is 0 Å². The predicted molar refractivity (Wildman–Crippen MR) is 229 cm³/mol. The molecule has 0 aliphatic carbocycles. The quantitative estimate of drug-likeness (QED) is 0.0167. The molecule has 2 atom stereocenters. The maximum Gasteiger partial charge on any atom is 0.526 e. The zero-order valence-electron chi connectivity index (χ0n) is 34.6. The van der Waals surface area contributed by atoms with Crippen LogP contribution in [0.25, 0.3) is 0 Å². The molecule has 0 bridgehead atoms. The number of rotatable bonds is 26. The first-order valence-corrected chi connectivity index (χ1v) is 28.3. The van der Waals surface area contributed by atoms with E-state index in [1.165, 1.54) is 0 Å². The van der Waals surface area contributed by atoms with E-state index < -0.39 is 193 Å². The highest BCUT2D eigenvalue weighted by Gasteiger charge is 2.30. The van der Waals surface area contributed by atoms with Crippen LogP contribution < -0.4 is 0 Å². The zero-order chi connectivity index (χ0) is 56.7. The van der Waals surface area contributed by atoms with Crippen LogP contribution in [-0.2, 0) is 158 Å². The summed E-state index contributed by atoms with van der Waals surface area (Å²) in [6.07, 6.45) is -7.98. The average Bonchev–Trinajstić information content (AvgIpc) is 3.08. The Morgan fingerprint density at radius 1 is 0.405 bits per heavy atom. The first-order valence-electron chi connectivity index (χ1n) is 15.0. The first kappa shape index (κ1) is 87.5. The van der Waals surface area contributed by atoms with Crippen molar-refractivity contribution in [2.75, 3.05) is 23.8 Å². The highest BCUT2D eigenvalue weighted by Crippen LogP contribution is 2.35. The first-order chi connectivity index (χ1) is 30.7. The van der Waals surface area contributed by atoms with Crippen molar-refractivity contribution in [1.82, 2.24) is 0 Å². The number of aliphatic hydroxyl groups excluding tert-OH is 2. The topological polar surface area (TPSA) is 695 Å². The van der Waals surface area contributed by atoms with Crippen LogP contribution in [-0.4, -0.2) is 194 Å². The number of hydrogen-bond donors (Lipinski definition) is 10. The van der Waals surface area contributed by atoms with E-state index in [1.54, 1.807) is 0 Å². The number of halogens is 4. The minimum absolute atomic E-state index is 0. The van der Waals surface area contributed by atoms with Crippen LogP contribution in [0.1, 0.15) is 32.6 Å². The van der Waals surface area contributed by atoms with Gasteiger partial charge in [0.05, 0.1) is 25.7 Å². The largest absolute Gasteiger partial charge is 0.526 e. The maximum absolute atomic E-state index is 11.1. The molecule has 0 aromatic carbocycles. The van der Waals surface area contributed by atoms with Gasteiger partial charge < -0.3 is 43.9 Å². The number of esters is 4. The summed E-state index contributed by atoms with van der Waals surface area (Å²) in [5.41, 5.74) is 0. The molecular formula is C18H35Cl4O43PS8. The Bertz CT molecular complexity index is 2500. The SMILES string of the molecule is CC(=O)OP(=O)(O)O.Cl.Cl.Cl.Cl.O=C(CCC(=O)OCS(=O)(=O)OS(=O)(=O)O)OCS(=O)(=O)OS(=O)(=O)O.O=C(CCC(=O)OCS(=O)(=O)OS(=O)(=O)O)OCS(=O)(=O)OS(=O)(=O)O.O=C(O)C(O)C(O)C(=O)O. The average molecular weight is 1370 g/mol. The summed E-state index contributed by atoms with van der Waals surface area (Å²) in [6.45, 7) is 0.916. The zero-order valence-corrected chi connectivity index (χ0v) is 45.3. The van der Waals surface area contributed by atoms with Gasteiger partial charge in [0, 0.05) is 6.92 Å². The number of carboxylic acid groups (broad SMARTS) is 2. The molecule has 0 saturated carbocycles. The number of aliphatic carboxylic acids is 2. The van der Waals surface area contributed by atoms with E-state index in [4.69, 9.17) is 48.4 Å². The van der Waals surface area contributed by atoms with Gasteiger partial charge in [-0.05, 0) is 0 Å². The molecule has 0 aliphatic heterocycles. The number of carbonyl (C=O) groups excluding carboxylic acids is 5. The fourth-order valence-corrected chi connectivity index (χ4v) is 8.55. The Labute approximate surface area is 439 Å². The molecule has 0 saturated heterocycles. The van der Waals surface area contributed by atoms with E-state index in [0.717, 1.165) is 6.92 Å². The minimum atomic E-state index is -5.37. The van der Waals surface area contributed by atoms with Crippen LogP contribution in [0.2, 0.25) is 0 Å². The molecule has 43 nitrogen and oxygen atoms in total. The normalized spacial score (nSPS) is 12.6. The summed E-state index contributed by atoms with van der Waals surface area (Å²) >= 11 is 0. The molecule has 0 aliphatic rings. The van der Waals surface area contributed by atoms with Crippen molar-refractivity contribution >= 4 is 181 Å². The molecule has 446 valence electrons. The number of phosphoric acid groups is 1. The van der Waals surface area contributed by atoms with Crippen LogP contribution >= 0.6 is 57.5 Å². The van der Waals surface area contributed by atoms with Crippen molar-refractivity contribution in [2.24, 2.45) is 0 Å². The number of ether oxygens (including phenoxy) is 4. The predicted octanol–water partition coefficient (Wildman–Crippen LogP) is -6.66. The summed E-state index contributed by atoms with van der Waals surface area (Å²) in [7, 11) is -46.0. The van der Waals surface area contributed by atoms with Crippen LogP contribution in [0.4, 0.5) is 0 Å². The van der Waals surface area contributed by atoms with Gasteiger partial charge in [0.1, 0.15) is 0 Å². The molecule has 0 radical (unpaired) electrons. The summed E-state index contributed by atoms with van der Waals surface area (Å²) in [6, 6.07) is 0. The molecule has 0 heterocycles. The molecule has 0 spiro atoms. The van der Waals surface area contributed by atoms with E-state index >= 15 is 0 Å². The number of phosphoric ester groups is 1. The van der Waals surface area contributed by atoms with Crippen molar-refractivity contribution < 1.29 is 192 Å². The van der Waals surface area contributed by atoms with Crippen molar-refractivity contribution in [3.63, 3.8) is 0 Å². The molecular weight excluding hydrogens is 1330 g/mol. The van der Waals surface area contributed by atoms with E-state index in [-0.39, 0.29) is 49.6 Å². The summed E-state index contributed by atoms with van der Waals surface area (Å²) in [5.74, 6) is -16.6. The van der Waals surface area contributed by atoms with Gasteiger partial charge in [-0.15, -0.1) is 64.1 Å².